The number of halogens is 2. The summed E-state index contributed by atoms with van der Waals surface area (Å²) in [4.78, 5) is 17.0. The highest BCUT2D eigenvalue weighted by Crippen LogP contribution is 2.41. The zero-order valence-electron chi connectivity index (χ0n) is 17.3. The molecule has 0 bridgehead atoms. The van der Waals surface area contributed by atoms with Gasteiger partial charge < -0.3 is 15.0 Å². The molecule has 1 N–H and O–H groups in total. The minimum absolute atomic E-state index is 0. The minimum atomic E-state index is 0. The van der Waals surface area contributed by atoms with Crippen LogP contribution in [-0.2, 0) is 11.2 Å². The molecule has 0 aliphatic carbocycles. The van der Waals surface area contributed by atoms with Crippen molar-refractivity contribution in [3.05, 3.63) is 29.8 Å². The SMILES string of the molecule is CCc1cccc(OCCN(C)C(=O)C2CC3(CCNCC3)CN2C)c1.Cl.Cl. The summed E-state index contributed by atoms with van der Waals surface area (Å²) in [5, 5.41) is 3.44. The number of aryl methyl sites for hydroxylation is 1. The van der Waals surface area contributed by atoms with Crippen LogP contribution in [0.15, 0.2) is 24.3 Å². The highest BCUT2D eigenvalue weighted by Gasteiger charge is 2.46. The molecule has 3 rings (SSSR count). The van der Waals surface area contributed by atoms with Gasteiger partial charge in [-0.1, -0.05) is 19.1 Å². The molecule has 0 saturated carbocycles. The molecule has 1 aromatic rings. The van der Waals surface area contributed by atoms with Gasteiger partial charge in [0, 0.05) is 13.6 Å². The van der Waals surface area contributed by atoms with Crippen molar-refractivity contribution < 1.29 is 9.53 Å². The van der Waals surface area contributed by atoms with Crippen LogP contribution in [0.5, 0.6) is 5.75 Å². The Morgan fingerprint density at radius 2 is 2.04 bits per heavy atom. The summed E-state index contributed by atoms with van der Waals surface area (Å²) in [6.07, 6.45) is 4.36. The molecule has 1 spiro atoms. The Kier molecular flexibility index (Phi) is 10.1. The van der Waals surface area contributed by atoms with Crippen LogP contribution in [-0.4, -0.2) is 68.6 Å². The van der Waals surface area contributed by atoms with Crippen LogP contribution in [0.3, 0.4) is 0 Å². The lowest BCUT2D eigenvalue weighted by atomic mass is 9.77. The molecule has 2 aliphatic rings. The van der Waals surface area contributed by atoms with Crippen LogP contribution < -0.4 is 10.1 Å². The van der Waals surface area contributed by atoms with Crippen molar-refractivity contribution in [1.29, 1.82) is 0 Å². The molecule has 0 aromatic heterocycles. The van der Waals surface area contributed by atoms with Gasteiger partial charge in [-0.15, -0.1) is 24.8 Å². The number of ether oxygens (including phenoxy) is 1. The van der Waals surface area contributed by atoms with Crippen molar-refractivity contribution in [2.24, 2.45) is 5.41 Å². The highest BCUT2D eigenvalue weighted by molar-refractivity contribution is 5.85. The van der Waals surface area contributed by atoms with Gasteiger partial charge in [-0.3, -0.25) is 9.69 Å². The molecule has 2 aliphatic heterocycles. The fourth-order valence-corrected chi connectivity index (χ4v) is 4.39. The normalized spacial score (nSPS) is 20.9. The van der Waals surface area contributed by atoms with Crippen LogP contribution in [0.1, 0.15) is 31.7 Å². The number of likely N-dealkylation sites (N-methyl/N-ethyl adjacent to an activating group) is 2. The lowest BCUT2D eigenvalue weighted by Crippen LogP contribution is -2.43. The molecule has 1 aromatic carbocycles. The zero-order valence-corrected chi connectivity index (χ0v) is 18.9. The number of rotatable bonds is 6. The number of amides is 1. The van der Waals surface area contributed by atoms with Gasteiger partial charge in [-0.05, 0) is 68.9 Å². The third-order valence-corrected chi connectivity index (χ3v) is 6.07. The van der Waals surface area contributed by atoms with E-state index in [2.05, 4.69) is 36.3 Å². The zero-order chi connectivity index (χ0) is 18.6. The van der Waals surface area contributed by atoms with Crippen LogP contribution in [0, 0.1) is 5.41 Å². The summed E-state index contributed by atoms with van der Waals surface area (Å²) < 4.78 is 5.85. The maximum absolute atomic E-state index is 12.9. The number of hydrogen-bond donors (Lipinski definition) is 1. The van der Waals surface area contributed by atoms with E-state index in [9.17, 15) is 4.79 Å². The average molecular weight is 432 g/mol. The maximum Gasteiger partial charge on any atom is 0.239 e. The Morgan fingerprint density at radius 1 is 1.32 bits per heavy atom. The summed E-state index contributed by atoms with van der Waals surface area (Å²) >= 11 is 0. The van der Waals surface area contributed by atoms with Gasteiger partial charge >= 0.3 is 0 Å². The summed E-state index contributed by atoms with van der Waals surface area (Å²) in [5.41, 5.74) is 1.60. The Bertz CT molecular complexity index is 623. The van der Waals surface area contributed by atoms with E-state index in [-0.39, 0.29) is 36.8 Å². The van der Waals surface area contributed by atoms with Crippen molar-refractivity contribution in [3.63, 3.8) is 0 Å². The number of benzene rings is 1. The van der Waals surface area contributed by atoms with Gasteiger partial charge in [-0.25, -0.2) is 0 Å². The van der Waals surface area contributed by atoms with E-state index in [1.54, 1.807) is 0 Å². The van der Waals surface area contributed by atoms with E-state index in [0.29, 0.717) is 18.6 Å². The van der Waals surface area contributed by atoms with E-state index in [1.165, 1.54) is 18.4 Å². The largest absolute Gasteiger partial charge is 0.492 e. The van der Waals surface area contributed by atoms with E-state index in [0.717, 1.165) is 38.2 Å². The van der Waals surface area contributed by atoms with Crippen LogP contribution in [0.25, 0.3) is 0 Å². The van der Waals surface area contributed by atoms with Crippen LogP contribution in [0.2, 0.25) is 0 Å². The number of carbonyl (C=O) groups is 1. The molecular weight excluding hydrogens is 397 g/mol. The van der Waals surface area contributed by atoms with E-state index in [4.69, 9.17) is 4.74 Å². The third-order valence-electron chi connectivity index (χ3n) is 6.07. The predicted molar refractivity (Wildman–Crippen MR) is 119 cm³/mol. The Balaban J connectivity index is 0.00000196. The van der Waals surface area contributed by atoms with Gasteiger partial charge in [0.15, 0.2) is 0 Å². The van der Waals surface area contributed by atoms with Crippen molar-refractivity contribution in [3.8, 4) is 5.75 Å². The smallest absolute Gasteiger partial charge is 0.239 e. The number of likely N-dealkylation sites (tertiary alicyclic amines) is 1. The standard InChI is InChI=1S/C21H33N3O2.2ClH/c1-4-17-6-5-7-18(14-17)26-13-12-23(2)20(25)19-15-21(16-24(19)3)8-10-22-11-9-21;;/h5-7,14,19,22H,4,8-13,15-16H2,1-3H3;2*1H. The second-order valence-corrected chi connectivity index (χ2v) is 7.99. The van der Waals surface area contributed by atoms with Gasteiger partial charge in [-0.2, -0.15) is 0 Å². The monoisotopic (exact) mass is 431 g/mol. The van der Waals surface area contributed by atoms with E-state index in [1.807, 2.05) is 24.1 Å². The fraction of sp³-hybridized carbons (Fsp3) is 0.667. The number of nitrogens with zero attached hydrogens (tertiary/aromatic N) is 2. The van der Waals surface area contributed by atoms with Gasteiger partial charge in [0.25, 0.3) is 0 Å². The maximum atomic E-state index is 12.9. The van der Waals surface area contributed by atoms with Crippen molar-refractivity contribution in [1.82, 2.24) is 15.1 Å². The highest BCUT2D eigenvalue weighted by atomic mass is 35.5. The molecule has 7 heteroatoms. The molecule has 28 heavy (non-hydrogen) atoms. The number of carbonyl (C=O) groups excluding carboxylic acids is 1. The first-order chi connectivity index (χ1) is 12.5. The molecule has 2 heterocycles. The van der Waals surface area contributed by atoms with Crippen molar-refractivity contribution in [2.75, 3.05) is 46.9 Å². The Labute approximate surface area is 182 Å². The second-order valence-electron chi connectivity index (χ2n) is 7.99. The molecule has 1 atom stereocenters. The molecule has 2 fully saturated rings. The van der Waals surface area contributed by atoms with Crippen LogP contribution in [0.4, 0.5) is 0 Å². The summed E-state index contributed by atoms with van der Waals surface area (Å²) in [6, 6.07) is 8.20. The quantitative estimate of drug-likeness (QED) is 0.751. The Hall–Kier alpha value is -1.01. The summed E-state index contributed by atoms with van der Waals surface area (Å²) in [5.74, 6) is 1.12. The first-order valence-electron chi connectivity index (χ1n) is 9.91. The average Bonchev–Trinajstić information content (AvgIpc) is 2.97. The predicted octanol–water partition coefficient (Wildman–Crippen LogP) is 3.00. The van der Waals surface area contributed by atoms with Crippen molar-refractivity contribution in [2.45, 2.75) is 38.6 Å². The summed E-state index contributed by atoms with van der Waals surface area (Å²) in [7, 11) is 4.00. The van der Waals surface area contributed by atoms with E-state index >= 15 is 0 Å². The summed E-state index contributed by atoms with van der Waals surface area (Å²) in [6.45, 7) is 6.48. The Morgan fingerprint density at radius 3 is 2.71 bits per heavy atom. The molecular formula is C21H35Cl2N3O2. The topological polar surface area (TPSA) is 44.8 Å². The molecule has 2 saturated heterocycles. The number of hydrogen-bond acceptors (Lipinski definition) is 4. The lowest BCUT2D eigenvalue weighted by Gasteiger charge is -2.33. The van der Waals surface area contributed by atoms with E-state index < -0.39 is 0 Å². The van der Waals surface area contributed by atoms with Gasteiger partial charge in [0.05, 0.1) is 12.6 Å². The molecule has 160 valence electrons. The fourth-order valence-electron chi connectivity index (χ4n) is 4.39. The number of piperidine rings is 1. The minimum Gasteiger partial charge on any atom is -0.492 e. The second kappa shape index (κ2) is 11.2. The number of nitrogens with one attached hydrogen (secondary N) is 1. The van der Waals surface area contributed by atoms with Crippen LogP contribution >= 0.6 is 24.8 Å². The van der Waals surface area contributed by atoms with Gasteiger partial charge in [0.1, 0.15) is 12.4 Å². The molecule has 1 amide bonds. The lowest BCUT2D eigenvalue weighted by molar-refractivity contribution is -0.134. The first kappa shape index (κ1) is 25.0. The molecule has 1 unspecified atom stereocenters. The molecule has 5 nitrogen and oxygen atoms in total. The third kappa shape index (κ3) is 5.99. The first-order valence-corrected chi connectivity index (χ1v) is 9.91. The van der Waals surface area contributed by atoms with Crippen molar-refractivity contribution >= 4 is 30.7 Å². The molecule has 0 radical (unpaired) electrons. The van der Waals surface area contributed by atoms with Gasteiger partial charge in [0.2, 0.25) is 5.91 Å².